The summed E-state index contributed by atoms with van der Waals surface area (Å²) in [6.45, 7) is 0. The lowest BCUT2D eigenvalue weighted by Crippen LogP contribution is -1.99. The van der Waals surface area contributed by atoms with Crippen LogP contribution in [0.2, 0.25) is 0 Å². The van der Waals surface area contributed by atoms with Crippen molar-refractivity contribution in [2.75, 3.05) is 0 Å². The highest BCUT2D eigenvalue weighted by Gasteiger charge is 1.98. The molecule has 2 aromatic heterocycles. The van der Waals surface area contributed by atoms with E-state index in [0.29, 0.717) is 5.95 Å². The molecule has 0 aliphatic heterocycles. The number of halogens is 1. The third-order valence-electron chi connectivity index (χ3n) is 1.31. The first kappa shape index (κ1) is 7.66. The van der Waals surface area contributed by atoms with Gasteiger partial charge in [-0.25, -0.2) is 14.6 Å². The monoisotopic (exact) mass is 272 g/mol. The van der Waals surface area contributed by atoms with E-state index in [1.165, 1.54) is 0 Å². The molecule has 0 aliphatic carbocycles. The second kappa shape index (κ2) is 3.18. The van der Waals surface area contributed by atoms with Crippen LogP contribution in [0.4, 0.5) is 0 Å². The van der Waals surface area contributed by atoms with E-state index in [1.54, 1.807) is 29.3 Å². The van der Waals surface area contributed by atoms with Gasteiger partial charge in [-0.15, -0.1) is 0 Å². The standard InChI is InChI=1S/C7H5IN4/c8-6-4-11-12(5-6)7-9-2-1-3-10-7/h1-5H. The Hall–Kier alpha value is -0.980. The van der Waals surface area contributed by atoms with E-state index < -0.39 is 0 Å². The van der Waals surface area contributed by atoms with Crippen LogP contribution in [0, 0.1) is 3.57 Å². The average molecular weight is 272 g/mol. The van der Waals surface area contributed by atoms with E-state index in [9.17, 15) is 0 Å². The summed E-state index contributed by atoms with van der Waals surface area (Å²) in [6.07, 6.45) is 7.01. The molecule has 2 rings (SSSR count). The molecule has 12 heavy (non-hydrogen) atoms. The SMILES string of the molecule is Ic1cnn(-c2ncccn2)c1. The van der Waals surface area contributed by atoms with E-state index in [0.717, 1.165) is 3.57 Å². The van der Waals surface area contributed by atoms with Gasteiger partial charge in [0.1, 0.15) is 0 Å². The van der Waals surface area contributed by atoms with Crippen LogP contribution in [-0.4, -0.2) is 19.7 Å². The van der Waals surface area contributed by atoms with Crippen molar-refractivity contribution in [1.29, 1.82) is 0 Å². The Kier molecular flexibility index (Phi) is 2.03. The summed E-state index contributed by atoms with van der Waals surface area (Å²) in [6, 6.07) is 1.78. The lowest BCUT2D eigenvalue weighted by Gasteiger charge is -1.95. The van der Waals surface area contributed by atoms with Crippen LogP contribution in [0.5, 0.6) is 0 Å². The molecule has 2 heterocycles. The Labute approximate surface area is 82.8 Å². The lowest BCUT2D eigenvalue weighted by molar-refractivity contribution is 0.808. The molecule has 0 aliphatic rings. The van der Waals surface area contributed by atoms with Crippen LogP contribution >= 0.6 is 22.6 Å². The van der Waals surface area contributed by atoms with Crippen LogP contribution in [-0.2, 0) is 0 Å². The van der Waals surface area contributed by atoms with Crippen molar-refractivity contribution in [3.8, 4) is 5.95 Å². The molecule has 0 saturated carbocycles. The predicted octanol–water partition coefficient (Wildman–Crippen LogP) is 1.27. The highest BCUT2D eigenvalue weighted by atomic mass is 127. The molecule has 0 fully saturated rings. The molecule has 0 unspecified atom stereocenters. The van der Waals surface area contributed by atoms with Gasteiger partial charge in [0, 0.05) is 18.6 Å². The number of hydrogen-bond donors (Lipinski definition) is 0. The first-order valence-corrected chi connectivity index (χ1v) is 4.42. The fourth-order valence-corrected chi connectivity index (χ4v) is 1.21. The maximum atomic E-state index is 4.07. The van der Waals surface area contributed by atoms with Crippen molar-refractivity contribution in [1.82, 2.24) is 19.7 Å². The number of aromatic nitrogens is 4. The summed E-state index contributed by atoms with van der Waals surface area (Å²) in [5.41, 5.74) is 0. The van der Waals surface area contributed by atoms with Crippen molar-refractivity contribution in [3.63, 3.8) is 0 Å². The Balaban J connectivity index is 2.45. The summed E-state index contributed by atoms with van der Waals surface area (Å²) in [7, 11) is 0. The van der Waals surface area contributed by atoms with Crippen molar-refractivity contribution in [2.24, 2.45) is 0 Å². The summed E-state index contributed by atoms with van der Waals surface area (Å²) < 4.78 is 2.71. The molecule has 2 aromatic rings. The molecule has 0 saturated heterocycles. The Morgan fingerprint density at radius 2 is 2.00 bits per heavy atom. The van der Waals surface area contributed by atoms with Gasteiger partial charge in [-0.05, 0) is 28.7 Å². The minimum atomic E-state index is 0.598. The molecular formula is C7H5IN4. The van der Waals surface area contributed by atoms with Crippen molar-refractivity contribution in [3.05, 3.63) is 34.4 Å². The lowest BCUT2D eigenvalue weighted by atomic mass is 10.7. The van der Waals surface area contributed by atoms with Gasteiger partial charge in [0.25, 0.3) is 0 Å². The van der Waals surface area contributed by atoms with Gasteiger partial charge in [0.15, 0.2) is 0 Å². The van der Waals surface area contributed by atoms with Crippen molar-refractivity contribution >= 4 is 22.6 Å². The van der Waals surface area contributed by atoms with E-state index in [4.69, 9.17) is 0 Å². The first-order valence-electron chi connectivity index (χ1n) is 3.34. The molecule has 0 amide bonds. The Bertz CT molecular complexity index is 370. The maximum Gasteiger partial charge on any atom is 0.250 e. The smallest absolute Gasteiger partial charge is 0.220 e. The third-order valence-corrected chi connectivity index (χ3v) is 1.87. The second-order valence-electron chi connectivity index (χ2n) is 2.15. The van der Waals surface area contributed by atoms with Gasteiger partial charge in [0.2, 0.25) is 5.95 Å². The van der Waals surface area contributed by atoms with E-state index in [-0.39, 0.29) is 0 Å². The zero-order valence-corrected chi connectivity index (χ0v) is 8.21. The molecule has 4 nitrogen and oxygen atoms in total. The summed E-state index contributed by atoms with van der Waals surface area (Å²) in [5, 5.41) is 4.07. The fourth-order valence-electron chi connectivity index (χ4n) is 0.820. The third kappa shape index (κ3) is 1.45. The first-order chi connectivity index (χ1) is 5.86. The number of hydrogen-bond acceptors (Lipinski definition) is 3. The van der Waals surface area contributed by atoms with E-state index >= 15 is 0 Å². The Morgan fingerprint density at radius 3 is 2.58 bits per heavy atom. The zero-order chi connectivity index (χ0) is 8.39. The van der Waals surface area contributed by atoms with Crippen LogP contribution in [0.15, 0.2) is 30.9 Å². The summed E-state index contributed by atoms with van der Waals surface area (Å²) >= 11 is 2.19. The van der Waals surface area contributed by atoms with E-state index in [1.807, 2.05) is 6.20 Å². The molecule has 0 atom stereocenters. The predicted molar refractivity (Wildman–Crippen MR) is 51.9 cm³/mol. The van der Waals surface area contributed by atoms with Gasteiger partial charge >= 0.3 is 0 Å². The molecule has 0 aromatic carbocycles. The quantitative estimate of drug-likeness (QED) is 0.734. The normalized spacial score (nSPS) is 10.1. The fraction of sp³-hybridized carbons (Fsp3) is 0. The van der Waals surface area contributed by atoms with Gasteiger partial charge in [-0.1, -0.05) is 0 Å². The Morgan fingerprint density at radius 1 is 1.25 bits per heavy atom. The van der Waals surface area contributed by atoms with Gasteiger partial charge in [0.05, 0.1) is 9.77 Å². The highest BCUT2D eigenvalue weighted by molar-refractivity contribution is 14.1. The van der Waals surface area contributed by atoms with E-state index in [2.05, 4.69) is 37.7 Å². The van der Waals surface area contributed by atoms with Gasteiger partial charge in [-0.3, -0.25) is 0 Å². The maximum absolute atomic E-state index is 4.07. The highest BCUT2D eigenvalue weighted by Crippen LogP contribution is 2.04. The zero-order valence-electron chi connectivity index (χ0n) is 6.05. The molecule has 5 heteroatoms. The summed E-state index contributed by atoms with van der Waals surface area (Å²) in [5.74, 6) is 0.598. The molecule has 0 spiro atoms. The second-order valence-corrected chi connectivity index (χ2v) is 3.40. The molecule has 0 radical (unpaired) electrons. The molecular weight excluding hydrogens is 267 g/mol. The van der Waals surface area contributed by atoms with Crippen molar-refractivity contribution in [2.45, 2.75) is 0 Å². The van der Waals surface area contributed by atoms with Crippen LogP contribution in [0.1, 0.15) is 0 Å². The molecule has 0 N–H and O–H groups in total. The molecule has 60 valence electrons. The van der Waals surface area contributed by atoms with Crippen molar-refractivity contribution < 1.29 is 0 Å². The molecule has 0 bridgehead atoms. The number of nitrogens with zero attached hydrogens (tertiary/aromatic N) is 4. The largest absolute Gasteiger partial charge is 0.250 e. The minimum Gasteiger partial charge on any atom is -0.220 e. The van der Waals surface area contributed by atoms with Crippen LogP contribution in [0.3, 0.4) is 0 Å². The number of rotatable bonds is 1. The average Bonchev–Trinajstić information content (AvgIpc) is 2.54. The summed E-state index contributed by atoms with van der Waals surface area (Å²) in [4.78, 5) is 8.10. The topological polar surface area (TPSA) is 43.6 Å². The van der Waals surface area contributed by atoms with Gasteiger partial charge in [-0.2, -0.15) is 5.10 Å². The van der Waals surface area contributed by atoms with Crippen LogP contribution in [0.25, 0.3) is 5.95 Å². The van der Waals surface area contributed by atoms with Gasteiger partial charge < -0.3 is 0 Å². The minimum absolute atomic E-state index is 0.598. The van der Waals surface area contributed by atoms with Crippen LogP contribution < -0.4 is 0 Å².